The van der Waals surface area contributed by atoms with E-state index >= 15 is 0 Å². The van der Waals surface area contributed by atoms with E-state index in [4.69, 9.17) is 0 Å². The Hall–Kier alpha value is -1.69. The number of rotatable bonds is 5. The van der Waals surface area contributed by atoms with Crippen molar-refractivity contribution in [2.24, 2.45) is 0 Å². The summed E-state index contributed by atoms with van der Waals surface area (Å²) in [7, 11) is 2.17. The van der Waals surface area contributed by atoms with Gasteiger partial charge in [-0.05, 0) is 48.9 Å². The summed E-state index contributed by atoms with van der Waals surface area (Å²) in [5, 5.41) is 3.04. The number of aryl methyl sites for hydroxylation is 1. The minimum atomic E-state index is -0.0283. The van der Waals surface area contributed by atoms with Crippen molar-refractivity contribution in [2.75, 3.05) is 33.2 Å². The Kier molecular flexibility index (Phi) is 6.46. The maximum absolute atomic E-state index is 12.4. The Morgan fingerprint density at radius 3 is 2.54 bits per heavy atom. The van der Waals surface area contributed by atoms with Crippen LogP contribution >= 0.6 is 15.9 Å². The highest BCUT2D eigenvalue weighted by Gasteiger charge is 2.14. The third kappa shape index (κ3) is 5.16. The van der Waals surface area contributed by atoms with Gasteiger partial charge in [-0.2, -0.15) is 0 Å². The third-order valence-electron chi connectivity index (χ3n) is 4.88. The first kappa shape index (κ1) is 19.1. The zero-order chi connectivity index (χ0) is 18.5. The number of piperazine rings is 1. The number of carbonyl (C=O) groups is 1. The standard InChI is InChI=1S/C21H26BrN3O/c1-16-12-19(22)6-7-20(16)21(26)23-14-17-4-3-5-18(13-17)15-25-10-8-24(2)9-11-25/h3-7,12-13H,8-11,14-15H2,1-2H3,(H,23,26). The molecule has 0 unspecified atom stereocenters. The number of carbonyl (C=O) groups excluding carboxylic acids is 1. The van der Waals surface area contributed by atoms with Crippen molar-refractivity contribution >= 4 is 21.8 Å². The van der Waals surface area contributed by atoms with Crippen LogP contribution in [0.4, 0.5) is 0 Å². The van der Waals surface area contributed by atoms with Crippen molar-refractivity contribution in [1.82, 2.24) is 15.1 Å². The number of amides is 1. The topological polar surface area (TPSA) is 35.6 Å². The smallest absolute Gasteiger partial charge is 0.251 e. The van der Waals surface area contributed by atoms with Gasteiger partial charge in [0.15, 0.2) is 0 Å². The van der Waals surface area contributed by atoms with Crippen LogP contribution in [0.5, 0.6) is 0 Å². The summed E-state index contributed by atoms with van der Waals surface area (Å²) in [6.45, 7) is 7.95. The molecule has 1 saturated heterocycles. The van der Waals surface area contributed by atoms with E-state index in [2.05, 4.69) is 62.4 Å². The van der Waals surface area contributed by atoms with E-state index in [9.17, 15) is 4.79 Å². The summed E-state index contributed by atoms with van der Waals surface area (Å²) in [6.07, 6.45) is 0. The lowest BCUT2D eigenvalue weighted by molar-refractivity contribution is 0.0950. The van der Waals surface area contributed by atoms with Gasteiger partial charge in [0.05, 0.1) is 0 Å². The molecule has 1 aliphatic heterocycles. The summed E-state index contributed by atoms with van der Waals surface area (Å²) in [5.74, 6) is -0.0283. The summed E-state index contributed by atoms with van der Waals surface area (Å²) in [4.78, 5) is 17.3. The average Bonchev–Trinajstić information content (AvgIpc) is 2.62. The molecule has 26 heavy (non-hydrogen) atoms. The largest absolute Gasteiger partial charge is 0.348 e. The molecule has 0 aromatic heterocycles. The first-order valence-electron chi connectivity index (χ1n) is 9.04. The highest BCUT2D eigenvalue weighted by Crippen LogP contribution is 2.16. The molecule has 0 radical (unpaired) electrons. The van der Waals surface area contributed by atoms with Crippen molar-refractivity contribution in [1.29, 1.82) is 0 Å². The van der Waals surface area contributed by atoms with Crippen molar-refractivity contribution in [3.8, 4) is 0 Å². The number of nitrogens with one attached hydrogen (secondary N) is 1. The molecule has 0 atom stereocenters. The van der Waals surface area contributed by atoms with Crippen LogP contribution in [0.2, 0.25) is 0 Å². The molecule has 0 aliphatic carbocycles. The number of benzene rings is 2. The second kappa shape index (κ2) is 8.80. The molecule has 5 heteroatoms. The molecule has 2 aromatic rings. The number of likely N-dealkylation sites (N-methyl/N-ethyl adjacent to an activating group) is 1. The van der Waals surface area contributed by atoms with Gasteiger partial charge < -0.3 is 10.2 Å². The van der Waals surface area contributed by atoms with Gasteiger partial charge in [0.1, 0.15) is 0 Å². The predicted molar refractivity (Wildman–Crippen MR) is 109 cm³/mol. The minimum Gasteiger partial charge on any atom is -0.348 e. The van der Waals surface area contributed by atoms with Gasteiger partial charge in [-0.25, -0.2) is 0 Å². The molecule has 0 bridgehead atoms. The second-order valence-corrected chi connectivity index (χ2v) is 7.96. The van der Waals surface area contributed by atoms with Crippen LogP contribution in [0.25, 0.3) is 0 Å². The van der Waals surface area contributed by atoms with Gasteiger partial charge in [-0.3, -0.25) is 9.69 Å². The van der Waals surface area contributed by atoms with Crippen LogP contribution < -0.4 is 5.32 Å². The molecule has 0 saturated carbocycles. The SMILES string of the molecule is Cc1cc(Br)ccc1C(=O)NCc1cccc(CN2CCN(C)CC2)c1. The molecule has 3 rings (SSSR count). The van der Waals surface area contributed by atoms with Gasteiger partial charge in [-0.1, -0.05) is 40.2 Å². The van der Waals surface area contributed by atoms with Crippen LogP contribution in [0, 0.1) is 6.92 Å². The lowest BCUT2D eigenvalue weighted by atomic mass is 10.1. The Labute approximate surface area is 164 Å². The fraction of sp³-hybridized carbons (Fsp3) is 0.381. The maximum Gasteiger partial charge on any atom is 0.251 e. The molecular formula is C21H26BrN3O. The number of hydrogen-bond donors (Lipinski definition) is 1. The third-order valence-corrected chi connectivity index (χ3v) is 5.37. The molecular weight excluding hydrogens is 390 g/mol. The normalized spacial score (nSPS) is 15.8. The summed E-state index contributed by atoms with van der Waals surface area (Å²) in [6, 6.07) is 14.2. The highest BCUT2D eigenvalue weighted by molar-refractivity contribution is 9.10. The van der Waals surface area contributed by atoms with Crippen LogP contribution in [-0.4, -0.2) is 48.9 Å². The maximum atomic E-state index is 12.4. The molecule has 138 valence electrons. The van der Waals surface area contributed by atoms with Gasteiger partial charge in [0.25, 0.3) is 5.91 Å². The van der Waals surface area contributed by atoms with Crippen LogP contribution in [-0.2, 0) is 13.1 Å². The lowest BCUT2D eigenvalue weighted by Gasteiger charge is -2.32. The van der Waals surface area contributed by atoms with E-state index in [0.29, 0.717) is 6.54 Å². The zero-order valence-electron chi connectivity index (χ0n) is 15.5. The van der Waals surface area contributed by atoms with Crippen molar-refractivity contribution in [2.45, 2.75) is 20.0 Å². The van der Waals surface area contributed by atoms with E-state index in [1.54, 1.807) is 0 Å². The Morgan fingerprint density at radius 2 is 1.81 bits per heavy atom. The average molecular weight is 416 g/mol. The van der Waals surface area contributed by atoms with Gasteiger partial charge in [0.2, 0.25) is 0 Å². The van der Waals surface area contributed by atoms with Crippen molar-refractivity contribution in [3.05, 3.63) is 69.2 Å². The molecule has 1 N–H and O–H groups in total. The first-order chi connectivity index (χ1) is 12.5. The van der Waals surface area contributed by atoms with Gasteiger partial charge in [0, 0.05) is 49.3 Å². The van der Waals surface area contributed by atoms with E-state index in [-0.39, 0.29) is 5.91 Å². The van der Waals surface area contributed by atoms with E-state index in [1.165, 1.54) is 5.56 Å². The summed E-state index contributed by atoms with van der Waals surface area (Å²) >= 11 is 3.43. The van der Waals surface area contributed by atoms with Crippen LogP contribution in [0.3, 0.4) is 0 Å². The van der Waals surface area contributed by atoms with Crippen molar-refractivity contribution in [3.63, 3.8) is 0 Å². The Bertz CT molecular complexity index is 770. The second-order valence-electron chi connectivity index (χ2n) is 7.04. The number of nitrogens with zero attached hydrogens (tertiary/aromatic N) is 2. The van der Waals surface area contributed by atoms with Crippen LogP contribution in [0.1, 0.15) is 27.0 Å². The Morgan fingerprint density at radius 1 is 1.08 bits per heavy atom. The minimum absolute atomic E-state index is 0.0283. The quantitative estimate of drug-likeness (QED) is 0.812. The fourth-order valence-electron chi connectivity index (χ4n) is 3.26. The zero-order valence-corrected chi connectivity index (χ0v) is 17.1. The molecule has 1 heterocycles. The highest BCUT2D eigenvalue weighted by atomic mass is 79.9. The monoisotopic (exact) mass is 415 g/mol. The number of hydrogen-bond acceptors (Lipinski definition) is 3. The summed E-state index contributed by atoms with van der Waals surface area (Å²) < 4.78 is 0.989. The summed E-state index contributed by atoms with van der Waals surface area (Å²) in [5.41, 5.74) is 4.14. The molecule has 4 nitrogen and oxygen atoms in total. The Balaban J connectivity index is 1.57. The molecule has 2 aromatic carbocycles. The van der Waals surface area contributed by atoms with E-state index < -0.39 is 0 Å². The fourth-order valence-corrected chi connectivity index (χ4v) is 3.74. The predicted octanol–water partition coefficient (Wildman–Crippen LogP) is 3.43. The van der Waals surface area contributed by atoms with Crippen LogP contribution in [0.15, 0.2) is 46.9 Å². The lowest BCUT2D eigenvalue weighted by Crippen LogP contribution is -2.43. The van der Waals surface area contributed by atoms with E-state index in [0.717, 1.165) is 53.9 Å². The molecule has 1 fully saturated rings. The van der Waals surface area contributed by atoms with Crippen molar-refractivity contribution < 1.29 is 4.79 Å². The van der Waals surface area contributed by atoms with E-state index in [1.807, 2.05) is 25.1 Å². The van der Waals surface area contributed by atoms with Gasteiger partial charge >= 0.3 is 0 Å². The number of halogens is 1. The molecule has 0 spiro atoms. The van der Waals surface area contributed by atoms with Gasteiger partial charge in [-0.15, -0.1) is 0 Å². The molecule has 1 amide bonds. The molecule has 1 aliphatic rings. The first-order valence-corrected chi connectivity index (χ1v) is 9.83.